The number of aromatic nitrogens is 2. The molecule has 6 heteroatoms. The van der Waals surface area contributed by atoms with Crippen LogP contribution in [0, 0.1) is 0 Å². The molecule has 3 rings (SSSR count). The van der Waals surface area contributed by atoms with Crippen molar-refractivity contribution in [3.05, 3.63) is 48.4 Å². The maximum atomic E-state index is 5.39. The van der Waals surface area contributed by atoms with Crippen LogP contribution in [0.25, 0.3) is 11.4 Å². The van der Waals surface area contributed by atoms with Gasteiger partial charge >= 0.3 is 0 Å². The molecular formula is C17H21N3O2S. The average Bonchev–Trinajstić information content (AvgIpc) is 3.05. The molecule has 5 nitrogen and oxygen atoms in total. The summed E-state index contributed by atoms with van der Waals surface area (Å²) in [7, 11) is 0. The van der Waals surface area contributed by atoms with E-state index < -0.39 is 0 Å². The highest BCUT2D eigenvalue weighted by Crippen LogP contribution is 2.20. The van der Waals surface area contributed by atoms with Crippen LogP contribution < -0.4 is 0 Å². The third-order valence-corrected chi connectivity index (χ3v) is 4.55. The first-order chi connectivity index (χ1) is 11.3. The van der Waals surface area contributed by atoms with Gasteiger partial charge in [0.1, 0.15) is 0 Å². The first kappa shape index (κ1) is 16.2. The van der Waals surface area contributed by atoms with Crippen LogP contribution in [0.5, 0.6) is 0 Å². The third-order valence-electron chi connectivity index (χ3n) is 3.62. The van der Waals surface area contributed by atoms with E-state index in [0.717, 1.165) is 44.2 Å². The van der Waals surface area contributed by atoms with Crippen LogP contribution in [0.2, 0.25) is 0 Å². The lowest BCUT2D eigenvalue weighted by Crippen LogP contribution is -2.35. The Morgan fingerprint density at radius 1 is 1.30 bits per heavy atom. The molecule has 1 aliphatic rings. The van der Waals surface area contributed by atoms with Crippen molar-refractivity contribution in [2.24, 2.45) is 0 Å². The van der Waals surface area contributed by atoms with E-state index in [1.54, 1.807) is 11.8 Å². The van der Waals surface area contributed by atoms with Gasteiger partial charge in [-0.3, -0.25) is 4.90 Å². The molecule has 23 heavy (non-hydrogen) atoms. The Morgan fingerprint density at radius 2 is 2.17 bits per heavy atom. The number of morpholine rings is 1. The molecule has 1 saturated heterocycles. The molecule has 0 atom stereocenters. The summed E-state index contributed by atoms with van der Waals surface area (Å²) >= 11 is 1.71. The Kier molecular flexibility index (Phi) is 5.85. The fourth-order valence-electron chi connectivity index (χ4n) is 2.49. The fourth-order valence-corrected chi connectivity index (χ4v) is 3.06. The molecule has 2 heterocycles. The van der Waals surface area contributed by atoms with Gasteiger partial charge in [-0.1, -0.05) is 29.4 Å². The zero-order valence-corrected chi connectivity index (χ0v) is 13.9. The van der Waals surface area contributed by atoms with Crippen molar-refractivity contribution in [3.63, 3.8) is 0 Å². The summed E-state index contributed by atoms with van der Waals surface area (Å²) < 4.78 is 10.7. The lowest BCUT2D eigenvalue weighted by Gasteiger charge is -2.26. The molecule has 0 bridgehead atoms. The molecule has 122 valence electrons. The average molecular weight is 331 g/mol. The number of ether oxygens (including phenoxy) is 1. The normalized spacial score (nSPS) is 15.7. The molecule has 1 fully saturated rings. The van der Waals surface area contributed by atoms with Crippen LogP contribution in [0.15, 0.2) is 41.4 Å². The predicted octanol–water partition coefficient (Wildman–Crippen LogP) is 2.99. The van der Waals surface area contributed by atoms with Crippen molar-refractivity contribution < 1.29 is 9.26 Å². The van der Waals surface area contributed by atoms with Crippen LogP contribution in [-0.4, -0.2) is 47.1 Å². The topological polar surface area (TPSA) is 51.4 Å². The highest BCUT2D eigenvalue weighted by atomic mass is 32.2. The predicted molar refractivity (Wildman–Crippen MR) is 92.2 cm³/mol. The third kappa shape index (κ3) is 4.67. The minimum absolute atomic E-state index is 0.656. The van der Waals surface area contributed by atoms with E-state index in [2.05, 4.69) is 33.8 Å². The van der Waals surface area contributed by atoms with Crippen molar-refractivity contribution in [1.29, 1.82) is 0 Å². The van der Waals surface area contributed by atoms with Crippen LogP contribution in [0.4, 0.5) is 0 Å². The van der Waals surface area contributed by atoms with Crippen LogP contribution >= 0.6 is 11.8 Å². The van der Waals surface area contributed by atoms with Gasteiger partial charge in [0.2, 0.25) is 11.7 Å². The van der Waals surface area contributed by atoms with E-state index in [9.17, 15) is 0 Å². The molecule has 1 aromatic carbocycles. The van der Waals surface area contributed by atoms with Gasteiger partial charge in [-0.05, 0) is 11.6 Å². The van der Waals surface area contributed by atoms with Crippen molar-refractivity contribution in [1.82, 2.24) is 15.0 Å². The molecule has 0 N–H and O–H groups in total. The summed E-state index contributed by atoms with van der Waals surface area (Å²) in [6, 6.07) is 8.35. The lowest BCUT2D eigenvalue weighted by molar-refractivity contribution is 0.0342. The lowest BCUT2D eigenvalue weighted by atomic mass is 10.1. The minimum Gasteiger partial charge on any atom is -0.379 e. The van der Waals surface area contributed by atoms with E-state index in [1.807, 2.05) is 18.2 Å². The molecule has 0 unspecified atom stereocenters. The van der Waals surface area contributed by atoms with E-state index in [1.165, 1.54) is 5.56 Å². The summed E-state index contributed by atoms with van der Waals surface area (Å²) in [5, 5.41) is 4.09. The van der Waals surface area contributed by atoms with Gasteiger partial charge < -0.3 is 9.26 Å². The van der Waals surface area contributed by atoms with Gasteiger partial charge in [-0.2, -0.15) is 4.98 Å². The molecule has 1 aliphatic heterocycles. The Morgan fingerprint density at radius 3 is 3.00 bits per heavy atom. The minimum atomic E-state index is 0.656. The maximum Gasteiger partial charge on any atom is 0.236 e. The summed E-state index contributed by atoms with van der Waals surface area (Å²) in [4.78, 5) is 6.87. The highest BCUT2D eigenvalue weighted by molar-refractivity contribution is 7.98. The summed E-state index contributed by atoms with van der Waals surface area (Å²) in [6.45, 7) is 8.23. The summed E-state index contributed by atoms with van der Waals surface area (Å²) in [5.41, 5.74) is 2.26. The van der Waals surface area contributed by atoms with E-state index in [-0.39, 0.29) is 0 Å². The van der Waals surface area contributed by atoms with Crippen molar-refractivity contribution in [2.45, 2.75) is 12.3 Å². The number of rotatable bonds is 7. The van der Waals surface area contributed by atoms with Gasteiger partial charge in [-0.15, -0.1) is 18.3 Å². The van der Waals surface area contributed by atoms with Crippen LogP contribution in [0.3, 0.4) is 0 Å². The number of hydrogen-bond donors (Lipinski definition) is 0. The molecule has 0 aliphatic carbocycles. The monoisotopic (exact) mass is 331 g/mol. The molecule has 0 radical (unpaired) electrons. The Bertz CT molecular complexity index is 638. The zero-order chi connectivity index (χ0) is 15.9. The second kappa shape index (κ2) is 8.29. The Labute approximate surface area is 140 Å². The Balaban J connectivity index is 1.65. The first-order valence-corrected chi connectivity index (χ1v) is 8.91. The number of hydrogen-bond acceptors (Lipinski definition) is 6. The first-order valence-electron chi connectivity index (χ1n) is 7.76. The molecule has 0 spiro atoms. The smallest absolute Gasteiger partial charge is 0.236 e. The SMILES string of the molecule is C=CCSCc1nc(-c2cccc(CN3CCOCC3)c2)no1. The van der Waals surface area contributed by atoms with E-state index in [4.69, 9.17) is 9.26 Å². The number of benzene rings is 1. The molecule has 2 aromatic rings. The Hall–Kier alpha value is -1.63. The summed E-state index contributed by atoms with van der Waals surface area (Å²) in [5.74, 6) is 2.91. The fraction of sp³-hybridized carbons (Fsp3) is 0.412. The second-order valence-corrected chi connectivity index (χ2v) is 6.43. The quantitative estimate of drug-likeness (QED) is 0.574. The second-order valence-electron chi connectivity index (χ2n) is 5.40. The highest BCUT2D eigenvalue weighted by Gasteiger charge is 2.12. The largest absolute Gasteiger partial charge is 0.379 e. The van der Waals surface area contributed by atoms with Crippen molar-refractivity contribution in [2.75, 3.05) is 32.1 Å². The summed E-state index contributed by atoms with van der Waals surface area (Å²) in [6.07, 6.45) is 1.87. The van der Waals surface area contributed by atoms with Gasteiger partial charge in [0.15, 0.2) is 0 Å². The standard InChI is InChI=1S/C17H21N3O2S/c1-2-10-23-13-16-18-17(19-22-16)15-5-3-4-14(11-15)12-20-6-8-21-9-7-20/h2-5,11H,1,6-10,12-13H2. The van der Waals surface area contributed by atoms with Crippen LogP contribution in [0.1, 0.15) is 11.5 Å². The molecular weight excluding hydrogens is 310 g/mol. The van der Waals surface area contributed by atoms with Crippen LogP contribution in [-0.2, 0) is 17.0 Å². The van der Waals surface area contributed by atoms with Crippen molar-refractivity contribution >= 4 is 11.8 Å². The number of nitrogens with zero attached hydrogens (tertiary/aromatic N) is 3. The molecule has 1 aromatic heterocycles. The van der Waals surface area contributed by atoms with Gasteiger partial charge in [0, 0.05) is 31.0 Å². The zero-order valence-electron chi connectivity index (χ0n) is 13.1. The molecule has 0 amide bonds. The molecule has 0 saturated carbocycles. The van der Waals surface area contributed by atoms with Gasteiger partial charge in [0.25, 0.3) is 0 Å². The van der Waals surface area contributed by atoms with Gasteiger partial charge in [0.05, 0.1) is 19.0 Å². The maximum absolute atomic E-state index is 5.39. The number of thioether (sulfide) groups is 1. The van der Waals surface area contributed by atoms with Gasteiger partial charge in [-0.25, -0.2) is 0 Å². The van der Waals surface area contributed by atoms with E-state index in [0.29, 0.717) is 17.5 Å². The van der Waals surface area contributed by atoms with Crippen molar-refractivity contribution in [3.8, 4) is 11.4 Å². The van der Waals surface area contributed by atoms with E-state index >= 15 is 0 Å².